The number of nitrogens with zero attached hydrogens (tertiary/aromatic N) is 1. The van der Waals surface area contributed by atoms with E-state index in [0.717, 1.165) is 30.8 Å². The van der Waals surface area contributed by atoms with Crippen molar-refractivity contribution < 1.29 is 9.59 Å². The van der Waals surface area contributed by atoms with E-state index in [4.69, 9.17) is 0 Å². The summed E-state index contributed by atoms with van der Waals surface area (Å²) in [6.07, 6.45) is 2.38. The van der Waals surface area contributed by atoms with E-state index >= 15 is 0 Å². The Bertz CT molecular complexity index is 334. The number of rotatable bonds is 8. The molecule has 2 amide bonds. The van der Waals surface area contributed by atoms with Crippen LogP contribution in [0.1, 0.15) is 47.0 Å². The summed E-state index contributed by atoms with van der Waals surface area (Å²) < 4.78 is 0. The summed E-state index contributed by atoms with van der Waals surface area (Å²) in [5.74, 6) is 2.49. The average molecular weight is 300 g/mol. The maximum atomic E-state index is 12.5. The van der Waals surface area contributed by atoms with Crippen LogP contribution in [-0.2, 0) is 9.59 Å². The summed E-state index contributed by atoms with van der Waals surface area (Å²) in [7, 11) is 0. The second kappa shape index (κ2) is 8.55. The van der Waals surface area contributed by atoms with Crippen LogP contribution in [0.15, 0.2) is 0 Å². The van der Waals surface area contributed by atoms with Gasteiger partial charge in [0.25, 0.3) is 0 Å². The number of carbonyl (C=O) groups excluding carboxylic acids is 2. The Morgan fingerprint density at radius 2 is 2.00 bits per heavy atom. The molecule has 20 heavy (non-hydrogen) atoms. The number of hydrogen-bond acceptors (Lipinski definition) is 3. The van der Waals surface area contributed by atoms with Gasteiger partial charge in [0.05, 0.1) is 0 Å². The molecule has 2 atom stereocenters. The third-order valence-corrected chi connectivity index (χ3v) is 4.41. The molecule has 0 aromatic rings. The number of thioether (sulfide) groups is 1. The van der Waals surface area contributed by atoms with Crippen LogP contribution in [0.3, 0.4) is 0 Å². The maximum Gasteiger partial charge on any atom is 0.245 e. The van der Waals surface area contributed by atoms with Gasteiger partial charge in [0, 0.05) is 12.3 Å². The quantitative estimate of drug-likeness (QED) is 0.700. The summed E-state index contributed by atoms with van der Waals surface area (Å²) in [5.41, 5.74) is 0. The van der Waals surface area contributed by atoms with Gasteiger partial charge in [-0.15, -0.1) is 0 Å². The van der Waals surface area contributed by atoms with Crippen molar-refractivity contribution in [3.63, 3.8) is 0 Å². The molecule has 1 N–H and O–H groups in total. The second-order valence-corrected chi connectivity index (χ2v) is 7.12. The van der Waals surface area contributed by atoms with Crippen LogP contribution in [-0.4, -0.2) is 46.8 Å². The van der Waals surface area contributed by atoms with E-state index in [-0.39, 0.29) is 23.9 Å². The molecule has 1 aliphatic heterocycles. The Morgan fingerprint density at radius 3 is 2.55 bits per heavy atom. The van der Waals surface area contributed by atoms with Crippen molar-refractivity contribution in [2.75, 3.05) is 18.1 Å². The molecule has 0 spiro atoms. The lowest BCUT2D eigenvalue weighted by Crippen LogP contribution is -2.63. The lowest BCUT2D eigenvalue weighted by molar-refractivity contribution is -0.149. The van der Waals surface area contributed by atoms with Crippen molar-refractivity contribution >= 4 is 23.6 Å². The van der Waals surface area contributed by atoms with Crippen LogP contribution < -0.4 is 5.32 Å². The van der Waals surface area contributed by atoms with Crippen molar-refractivity contribution in [1.82, 2.24) is 10.2 Å². The van der Waals surface area contributed by atoms with Gasteiger partial charge in [0.2, 0.25) is 11.8 Å². The molecule has 0 aromatic heterocycles. The van der Waals surface area contributed by atoms with E-state index in [1.165, 1.54) is 0 Å². The molecule has 1 fully saturated rings. The Kier molecular flexibility index (Phi) is 7.41. The second-order valence-electron chi connectivity index (χ2n) is 5.72. The smallest absolute Gasteiger partial charge is 0.245 e. The Morgan fingerprint density at radius 1 is 1.30 bits per heavy atom. The minimum atomic E-state index is -0.317. The summed E-state index contributed by atoms with van der Waals surface area (Å²) in [5, 5.41) is 2.91. The molecule has 0 aliphatic carbocycles. The monoisotopic (exact) mass is 300 g/mol. The number of carbonyl (C=O) groups is 2. The van der Waals surface area contributed by atoms with E-state index in [9.17, 15) is 9.59 Å². The minimum Gasteiger partial charge on any atom is -0.343 e. The first-order chi connectivity index (χ1) is 9.51. The van der Waals surface area contributed by atoms with E-state index in [1.807, 2.05) is 23.6 Å². The van der Waals surface area contributed by atoms with Crippen molar-refractivity contribution in [2.24, 2.45) is 5.92 Å². The first kappa shape index (κ1) is 17.3. The Hall–Kier alpha value is -0.710. The van der Waals surface area contributed by atoms with Gasteiger partial charge in [-0.2, -0.15) is 11.8 Å². The zero-order valence-corrected chi connectivity index (χ0v) is 14.0. The Labute approximate surface area is 127 Å². The van der Waals surface area contributed by atoms with Crippen molar-refractivity contribution in [3.05, 3.63) is 0 Å². The van der Waals surface area contributed by atoms with Gasteiger partial charge in [-0.05, 0) is 24.5 Å². The number of nitrogens with one attached hydrogen (secondary N) is 1. The number of piperazine rings is 1. The third kappa shape index (κ3) is 4.69. The van der Waals surface area contributed by atoms with Gasteiger partial charge in [-0.25, -0.2) is 0 Å². The van der Waals surface area contributed by atoms with Crippen LogP contribution in [0, 0.1) is 5.92 Å². The largest absolute Gasteiger partial charge is 0.343 e. The molecule has 5 heteroatoms. The van der Waals surface area contributed by atoms with Crippen molar-refractivity contribution in [1.29, 1.82) is 0 Å². The SMILES string of the molecule is CCCC1NC(=O)C(CC(C)C)N(CCSCC)C1=O. The third-order valence-electron chi connectivity index (χ3n) is 3.53. The van der Waals surface area contributed by atoms with Crippen LogP contribution in [0.2, 0.25) is 0 Å². The summed E-state index contributed by atoms with van der Waals surface area (Å²) >= 11 is 1.81. The highest BCUT2D eigenvalue weighted by molar-refractivity contribution is 7.99. The molecule has 1 aliphatic rings. The molecule has 1 saturated heterocycles. The summed E-state index contributed by atoms with van der Waals surface area (Å²) in [6, 6.07) is -0.601. The van der Waals surface area contributed by atoms with Gasteiger partial charge in [0.1, 0.15) is 12.1 Å². The van der Waals surface area contributed by atoms with Gasteiger partial charge in [-0.3, -0.25) is 9.59 Å². The first-order valence-corrected chi connectivity index (χ1v) is 8.85. The molecule has 116 valence electrons. The molecular formula is C15H28N2O2S. The highest BCUT2D eigenvalue weighted by atomic mass is 32.2. The van der Waals surface area contributed by atoms with E-state index in [2.05, 4.69) is 26.1 Å². The van der Waals surface area contributed by atoms with Gasteiger partial charge in [0.15, 0.2) is 0 Å². The lowest BCUT2D eigenvalue weighted by atomic mass is 9.96. The lowest BCUT2D eigenvalue weighted by Gasteiger charge is -2.39. The highest BCUT2D eigenvalue weighted by Crippen LogP contribution is 2.20. The van der Waals surface area contributed by atoms with Crippen LogP contribution in [0.4, 0.5) is 0 Å². The zero-order valence-electron chi connectivity index (χ0n) is 13.1. The molecule has 2 unspecified atom stereocenters. The highest BCUT2D eigenvalue weighted by Gasteiger charge is 2.39. The predicted octanol–water partition coefficient (Wildman–Crippen LogP) is 2.28. The van der Waals surface area contributed by atoms with Crippen molar-refractivity contribution in [3.8, 4) is 0 Å². The molecule has 0 radical (unpaired) electrons. The normalized spacial score (nSPS) is 23.4. The fourth-order valence-electron chi connectivity index (χ4n) is 2.56. The first-order valence-electron chi connectivity index (χ1n) is 7.69. The Balaban J connectivity index is 2.79. The van der Waals surface area contributed by atoms with E-state index in [0.29, 0.717) is 12.5 Å². The topological polar surface area (TPSA) is 49.4 Å². The molecule has 0 bridgehead atoms. The van der Waals surface area contributed by atoms with Gasteiger partial charge >= 0.3 is 0 Å². The number of amides is 2. The average Bonchev–Trinajstić information content (AvgIpc) is 2.38. The maximum absolute atomic E-state index is 12.5. The number of hydrogen-bond donors (Lipinski definition) is 1. The molecule has 0 aromatic carbocycles. The molecule has 4 nitrogen and oxygen atoms in total. The van der Waals surface area contributed by atoms with Crippen LogP contribution in [0.25, 0.3) is 0 Å². The molecule has 1 heterocycles. The van der Waals surface area contributed by atoms with Gasteiger partial charge < -0.3 is 10.2 Å². The standard InChI is InChI=1S/C15H28N2O2S/c1-5-7-12-15(19)17(8-9-20-6-2)13(10-11(3)4)14(18)16-12/h11-13H,5-10H2,1-4H3,(H,16,18). The predicted molar refractivity (Wildman–Crippen MR) is 84.8 cm³/mol. The fraction of sp³-hybridized carbons (Fsp3) is 0.867. The van der Waals surface area contributed by atoms with Crippen LogP contribution >= 0.6 is 11.8 Å². The summed E-state index contributed by atoms with van der Waals surface area (Å²) in [6.45, 7) is 9.02. The zero-order chi connectivity index (χ0) is 15.1. The van der Waals surface area contributed by atoms with Gasteiger partial charge in [-0.1, -0.05) is 34.1 Å². The fourth-order valence-corrected chi connectivity index (χ4v) is 3.18. The minimum absolute atomic E-state index is 0.0262. The van der Waals surface area contributed by atoms with E-state index < -0.39 is 0 Å². The summed E-state index contributed by atoms with van der Waals surface area (Å²) in [4.78, 5) is 26.7. The van der Waals surface area contributed by atoms with Crippen LogP contribution in [0.5, 0.6) is 0 Å². The molecule has 0 saturated carbocycles. The van der Waals surface area contributed by atoms with E-state index in [1.54, 1.807) is 0 Å². The molecular weight excluding hydrogens is 272 g/mol. The molecule has 1 rings (SSSR count). The van der Waals surface area contributed by atoms with Crippen molar-refractivity contribution in [2.45, 2.75) is 59.0 Å².